The largest absolute Gasteiger partial charge is 0.0616 e. The summed E-state index contributed by atoms with van der Waals surface area (Å²) in [4.78, 5) is 0. The van der Waals surface area contributed by atoms with Crippen LogP contribution in [0.4, 0.5) is 0 Å². The Morgan fingerprint density at radius 3 is 2.69 bits per heavy atom. The standard InChI is InChI=1S/C12H11Br/c1-2-9-7-10-5-3-4-6-11(10)12(13)8-9/h3-8H,2H2,1H3. The smallest absolute Gasteiger partial charge is 0.0256 e. The Kier molecular flexibility index (Phi) is 2.36. The molecule has 0 nitrogen and oxygen atoms in total. The summed E-state index contributed by atoms with van der Waals surface area (Å²) in [5.74, 6) is 0. The maximum atomic E-state index is 3.59. The number of hydrogen-bond donors (Lipinski definition) is 0. The maximum absolute atomic E-state index is 3.59. The molecule has 0 spiro atoms. The first-order chi connectivity index (χ1) is 6.31. The van der Waals surface area contributed by atoms with Gasteiger partial charge in [-0.1, -0.05) is 53.2 Å². The molecule has 0 atom stereocenters. The fourth-order valence-electron chi connectivity index (χ4n) is 1.53. The molecule has 1 heteroatoms. The summed E-state index contributed by atoms with van der Waals surface area (Å²) < 4.78 is 1.20. The topological polar surface area (TPSA) is 0 Å². The van der Waals surface area contributed by atoms with E-state index in [0.29, 0.717) is 0 Å². The maximum Gasteiger partial charge on any atom is 0.0256 e. The van der Waals surface area contributed by atoms with Crippen LogP contribution in [0.1, 0.15) is 12.5 Å². The molecule has 2 aromatic carbocycles. The van der Waals surface area contributed by atoms with Crippen molar-refractivity contribution in [2.75, 3.05) is 0 Å². The van der Waals surface area contributed by atoms with Gasteiger partial charge in [-0.05, 0) is 28.8 Å². The van der Waals surface area contributed by atoms with E-state index in [1.165, 1.54) is 20.8 Å². The van der Waals surface area contributed by atoms with Gasteiger partial charge in [0.15, 0.2) is 0 Å². The summed E-state index contributed by atoms with van der Waals surface area (Å²) in [6.07, 6.45) is 1.09. The Balaban J connectivity index is 2.77. The van der Waals surface area contributed by atoms with Crippen LogP contribution in [0, 0.1) is 0 Å². The molecule has 0 fully saturated rings. The number of benzene rings is 2. The minimum absolute atomic E-state index is 1.09. The first-order valence-electron chi connectivity index (χ1n) is 4.48. The highest BCUT2D eigenvalue weighted by atomic mass is 79.9. The van der Waals surface area contributed by atoms with Crippen LogP contribution in [-0.2, 0) is 6.42 Å². The second kappa shape index (κ2) is 3.51. The SMILES string of the molecule is CCc1cc(Br)c2ccccc2c1. The third kappa shape index (κ3) is 1.61. The zero-order valence-corrected chi connectivity index (χ0v) is 9.14. The van der Waals surface area contributed by atoms with Gasteiger partial charge in [0.25, 0.3) is 0 Å². The Bertz CT molecular complexity index is 432. The number of halogens is 1. The van der Waals surface area contributed by atoms with Gasteiger partial charge in [-0.25, -0.2) is 0 Å². The lowest BCUT2D eigenvalue weighted by atomic mass is 10.1. The number of fused-ring (bicyclic) bond motifs is 1. The lowest BCUT2D eigenvalue weighted by Crippen LogP contribution is -1.81. The molecule has 2 aromatic rings. The fraction of sp³-hybridized carbons (Fsp3) is 0.167. The molecule has 0 unspecified atom stereocenters. The van der Waals surface area contributed by atoms with E-state index in [1.807, 2.05) is 0 Å². The van der Waals surface area contributed by atoms with Crippen molar-refractivity contribution in [3.05, 3.63) is 46.4 Å². The molecular formula is C12H11Br. The molecule has 0 amide bonds. The van der Waals surface area contributed by atoms with Gasteiger partial charge in [0, 0.05) is 4.47 Å². The third-order valence-corrected chi connectivity index (χ3v) is 2.94. The van der Waals surface area contributed by atoms with E-state index in [2.05, 4.69) is 59.3 Å². The molecule has 0 radical (unpaired) electrons. The summed E-state index contributed by atoms with van der Waals surface area (Å²) in [7, 11) is 0. The minimum atomic E-state index is 1.09. The molecule has 0 saturated heterocycles. The predicted octanol–water partition coefficient (Wildman–Crippen LogP) is 4.16. The van der Waals surface area contributed by atoms with Gasteiger partial charge < -0.3 is 0 Å². The molecule has 66 valence electrons. The van der Waals surface area contributed by atoms with Crippen molar-refractivity contribution < 1.29 is 0 Å². The van der Waals surface area contributed by atoms with Crippen molar-refractivity contribution in [2.45, 2.75) is 13.3 Å². The van der Waals surface area contributed by atoms with Gasteiger partial charge in [-0.15, -0.1) is 0 Å². The van der Waals surface area contributed by atoms with Gasteiger partial charge in [0.1, 0.15) is 0 Å². The molecule has 0 N–H and O–H groups in total. The van der Waals surface area contributed by atoms with E-state index in [-0.39, 0.29) is 0 Å². The summed E-state index contributed by atoms with van der Waals surface area (Å²) in [5, 5.41) is 2.61. The van der Waals surface area contributed by atoms with Crippen molar-refractivity contribution in [2.24, 2.45) is 0 Å². The summed E-state index contributed by atoms with van der Waals surface area (Å²) in [6, 6.07) is 12.9. The highest BCUT2D eigenvalue weighted by Gasteiger charge is 1.99. The summed E-state index contributed by atoms with van der Waals surface area (Å²) in [6.45, 7) is 2.18. The molecule has 2 rings (SSSR count). The van der Waals surface area contributed by atoms with Gasteiger partial charge >= 0.3 is 0 Å². The van der Waals surface area contributed by atoms with E-state index < -0.39 is 0 Å². The highest BCUT2D eigenvalue weighted by Crippen LogP contribution is 2.25. The van der Waals surface area contributed by atoms with Crippen LogP contribution >= 0.6 is 15.9 Å². The van der Waals surface area contributed by atoms with Crippen LogP contribution in [0.3, 0.4) is 0 Å². The van der Waals surface area contributed by atoms with E-state index in [9.17, 15) is 0 Å². The molecule has 0 aliphatic carbocycles. The molecule has 0 bridgehead atoms. The fourth-order valence-corrected chi connectivity index (χ4v) is 2.18. The van der Waals surface area contributed by atoms with Crippen LogP contribution in [0.5, 0.6) is 0 Å². The number of rotatable bonds is 1. The summed E-state index contributed by atoms with van der Waals surface area (Å²) in [5.41, 5.74) is 1.38. The van der Waals surface area contributed by atoms with Crippen molar-refractivity contribution >= 4 is 26.7 Å². The van der Waals surface area contributed by atoms with Crippen LogP contribution < -0.4 is 0 Å². The summed E-state index contributed by atoms with van der Waals surface area (Å²) >= 11 is 3.59. The van der Waals surface area contributed by atoms with Gasteiger partial charge in [0.2, 0.25) is 0 Å². The average molecular weight is 235 g/mol. The molecule has 0 aliphatic rings. The van der Waals surface area contributed by atoms with Gasteiger partial charge in [0.05, 0.1) is 0 Å². The second-order valence-corrected chi connectivity index (χ2v) is 4.01. The lowest BCUT2D eigenvalue weighted by Gasteiger charge is -2.03. The first kappa shape index (κ1) is 8.76. The quantitative estimate of drug-likeness (QED) is 0.696. The van der Waals surface area contributed by atoms with Crippen molar-refractivity contribution in [3.63, 3.8) is 0 Å². The van der Waals surface area contributed by atoms with Gasteiger partial charge in [-0.2, -0.15) is 0 Å². The van der Waals surface area contributed by atoms with E-state index in [0.717, 1.165) is 6.42 Å². The van der Waals surface area contributed by atoms with Crippen LogP contribution in [-0.4, -0.2) is 0 Å². The molecule has 0 aliphatic heterocycles. The van der Waals surface area contributed by atoms with Crippen LogP contribution in [0.15, 0.2) is 40.9 Å². The Morgan fingerprint density at radius 2 is 1.92 bits per heavy atom. The average Bonchev–Trinajstić information content (AvgIpc) is 2.18. The van der Waals surface area contributed by atoms with E-state index in [4.69, 9.17) is 0 Å². The number of hydrogen-bond acceptors (Lipinski definition) is 0. The first-order valence-corrected chi connectivity index (χ1v) is 5.27. The Morgan fingerprint density at radius 1 is 1.15 bits per heavy atom. The van der Waals surface area contributed by atoms with E-state index >= 15 is 0 Å². The van der Waals surface area contributed by atoms with Crippen LogP contribution in [0.2, 0.25) is 0 Å². The Hall–Kier alpha value is -0.820. The van der Waals surface area contributed by atoms with Crippen LogP contribution in [0.25, 0.3) is 10.8 Å². The van der Waals surface area contributed by atoms with Crippen molar-refractivity contribution in [1.82, 2.24) is 0 Å². The predicted molar refractivity (Wildman–Crippen MR) is 61.0 cm³/mol. The monoisotopic (exact) mass is 234 g/mol. The highest BCUT2D eigenvalue weighted by molar-refractivity contribution is 9.10. The van der Waals surface area contributed by atoms with Crippen molar-refractivity contribution in [1.29, 1.82) is 0 Å². The number of aryl methyl sites for hydroxylation is 1. The third-order valence-electron chi connectivity index (χ3n) is 2.28. The lowest BCUT2D eigenvalue weighted by molar-refractivity contribution is 1.14. The molecule has 13 heavy (non-hydrogen) atoms. The zero-order valence-electron chi connectivity index (χ0n) is 7.55. The zero-order chi connectivity index (χ0) is 9.26. The molecule has 0 saturated carbocycles. The molecular weight excluding hydrogens is 224 g/mol. The van der Waals surface area contributed by atoms with Crippen molar-refractivity contribution in [3.8, 4) is 0 Å². The second-order valence-electron chi connectivity index (χ2n) is 3.15. The molecule has 0 aromatic heterocycles. The minimum Gasteiger partial charge on any atom is -0.0616 e. The van der Waals surface area contributed by atoms with Gasteiger partial charge in [-0.3, -0.25) is 0 Å². The molecule has 0 heterocycles. The normalized spacial score (nSPS) is 10.6. The Labute approximate surface area is 86.7 Å². The van der Waals surface area contributed by atoms with E-state index in [1.54, 1.807) is 0 Å².